The zero-order valence-corrected chi connectivity index (χ0v) is 12.5. The molecule has 19 heavy (non-hydrogen) atoms. The van der Waals surface area contributed by atoms with Gasteiger partial charge in [0.2, 0.25) is 0 Å². The van der Waals surface area contributed by atoms with Crippen molar-refractivity contribution in [2.24, 2.45) is 0 Å². The van der Waals surface area contributed by atoms with E-state index in [0.717, 1.165) is 22.8 Å². The van der Waals surface area contributed by atoms with Gasteiger partial charge in [-0.15, -0.1) is 11.3 Å². The molecule has 0 saturated heterocycles. The predicted molar refractivity (Wildman–Crippen MR) is 80.2 cm³/mol. The van der Waals surface area contributed by atoms with Gasteiger partial charge in [0, 0.05) is 30.6 Å². The SMILES string of the molecule is COCc1cccc(-c2nc(CNC(C)C)cs2)c1. The summed E-state index contributed by atoms with van der Waals surface area (Å²) >= 11 is 1.69. The van der Waals surface area contributed by atoms with Crippen LogP contribution in [0.25, 0.3) is 10.6 Å². The molecule has 0 aliphatic carbocycles. The number of ether oxygens (including phenoxy) is 1. The summed E-state index contributed by atoms with van der Waals surface area (Å²) in [6, 6.07) is 8.84. The average Bonchev–Trinajstić information content (AvgIpc) is 2.86. The molecule has 0 saturated carbocycles. The van der Waals surface area contributed by atoms with Gasteiger partial charge in [-0.2, -0.15) is 0 Å². The minimum absolute atomic E-state index is 0.482. The lowest BCUT2D eigenvalue weighted by Gasteiger charge is -2.05. The minimum Gasteiger partial charge on any atom is -0.380 e. The van der Waals surface area contributed by atoms with Crippen molar-refractivity contribution < 1.29 is 4.74 Å². The van der Waals surface area contributed by atoms with Crippen LogP contribution in [0, 0.1) is 0 Å². The van der Waals surface area contributed by atoms with Crippen molar-refractivity contribution in [2.75, 3.05) is 7.11 Å². The molecule has 0 unspecified atom stereocenters. The van der Waals surface area contributed by atoms with E-state index in [1.165, 1.54) is 5.56 Å². The maximum absolute atomic E-state index is 5.16. The first-order valence-electron chi connectivity index (χ1n) is 6.45. The lowest BCUT2D eigenvalue weighted by Crippen LogP contribution is -2.21. The van der Waals surface area contributed by atoms with E-state index in [9.17, 15) is 0 Å². The normalized spacial score (nSPS) is 11.2. The summed E-state index contributed by atoms with van der Waals surface area (Å²) in [7, 11) is 1.71. The van der Waals surface area contributed by atoms with Crippen LogP contribution in [0.5, 0.6) is 0 Å². The molecule has 0 amide bonds. The van der Waals surface area contributed by atoms with Crippen LogP contribution in [0.1, 0.15) is 25.1 Å². The van der Waals surface area contributed by atoms with Gasteiger partial charge in [-0.3, -0.25) is 0 Å². The highest BCUT2D eigenvalue weighted by Gasteiger charge is 2.06. The van der Waals surface area contributed by atoms with E-state index in [1.54, 1.807) is 18.4 Å². The fourth-order valence-electron chi connectivity index (χ4n) is 1.79. The van der Waals surface area contributed by atoms with E-state index >= 15 is 0 Å². The highest BCUT2D eigenvalue weighted by atomic mass is 32.1. The summed E-state index contributed by atoms with van der Waals surface area (Å²) in [5.74, 6) is 0. The molecule has 0 aliphatic rings. The Kier molecular flexibility index (Phi) is 5.07. The second kappa shape index (κ2) is 6.80. The molecule has 1 aromatic heterocycles. The zero-order valence-electron chi connectivity index (χ0n) is 11.6. The Morgan fingerprint density at radius 1 is 1.37 bits per heavy atom. The first kappa shape index (κ1) is 14.2. The summed E-state index contributed by atoms with van der Waals surface area (Å²) < 4.78 is 5.16. The van der Waals surface area contributed by atoms with Crippen molar-refractivity contribution in [3.63, 3.8) is 0 Å². The standard InChI is InChI=1S/C15H20N2OS/c1-11(2)16-8-14-10-19-15(17-14)13-6-4-5-12(7-13)9-18-3/h4-7,10-11,16H,8-9H2,1-3H3. The third-order valence-corrected chi connectivity index (χ3v) is 3.67. The van der Waals surface area contributed by atoms with Crippen LogP contribution in [0.15, 0.2) is 29.6 Å². The number of aromatic nitrogens is 1. The summed E-state index contributed by atoms with van der Waals surface area (Å²) in [5, 5.41) is 6.57. The van der Waals surface area contributed by atoms with Gasteiger partial charge in [0.25, 0.3) is 0 Å². The quantitative estimate of drug-likeness (QED) is 0.877. The lowest BCUT2D eigenvalue weighted by molar-refractivity contribution is 0.185. The molecule has 2 rings (SSSR count). The first-order chi connectivity index (χ1) is 9.19. The summed E-state index contributed by atoms with van der Waals surface area (Å²) in [6.07, 6.45) is 0. The number of nitrogens with zero attached hydrogens (tertiary/aromatic N) is 1. The van der Waals surface area contributed by atoms with Crippen LogP contribution in [0.4, 0.5) is 0 Å². The highest BCUT2D eigenvalue weighted by molar-refractivity contribution is 7.13. The number of methoxy groups -OCH3 is 1. The van der Waals surface area contributed by atoms with Gasteiger partial charge in [0.15, 0.2) is 0 Å². The monoisotopic (exact) mass is 276 g/mol. The molecule has 102 valence electrons. The number of thiazole rings is 1. The van der Waals surface area contributed by atoms with Crippen molar-refractivity contribution in [3.05, 3.63) is 40.9 Å². The number of hydrogen-bond acceptors (Lipinski definition) is 4. The van der Waals surface area contributed by atoms with E-state index < -0.39 is 0 Å². The minimum atomic E-state index is 0.482. The third-order valence-electron chi connectivity index (χ3n) is 2.73. The topological polar surface area (TPSA) is 34.1 Å². The van der Waals surface area contributed by atoms with Crippen LogP contribution in [-0.4, -0.2) is 18.1 Å². The Morgan fingerprint density at radius 2 is 2.21 bits per heavy atom. The molecule has 1 aromatic carbocycles. The Morgan fingerprint density at radius 3 is 2.95 bits per heavy atom. The second-order valence-corrected chi connectivity index (χ2v) is 5.67. The number of hydrogen-bond donors (Lipinski definition) is 1. The molecule has 0 fully saturated rings. The molecule has 0 bridgehead atoms. The molecule has 4 heteroatoms. The van der Waals surface area contributed by atoms with E-state index in [2.05, 4.69) is 53.8 Å². The molecule has 0 spiro atoms. The third kappa shape index (κ3) is 4.13. The Hall–Kier alpha value is -1.23. The van der Waals surface area contributed by atoms with Crippen LogP contribution < -0.4 is 5.32 Å². The first-order valence-corrected chi connectivity index (χ1v) is 7.33. The largest absolute Gasteiger partial charge is 0.380 e. The van der Waals surface area contributed by atoms with Gasteiger partial charge in [0.05, 0.1) is 12.3 Å². The maximum Gasteiger partial charge on any atom is 0.123 e. The number of rotatable bonds is 6. The van der Waals surface area contributed by atoms with Crippen molar-refractivity contribution in [1.82, 2.24) is 10.3 Å². The predicted octanol–water partition coefficient (Wildman–Crippen LogP) is 3.45. The number of benzene rings is 1. The Balaban J connectivity index is 2.11. The van der Waals surface area contributed by atoms with Crippen LogP contribution in [0.2, 0.25) is 0 Å². The van der Waals surface area contributed by atoms with E-state index in [1.807, 2.05) is 0 Å². The number of nitrogens with one attached hydrogen (secondary N) is 1. The lowest BCUT2D eigenvalue weighted by atomic mass is 10.1. The smallest absolute Gasteiger partial charge is 0.123 e. The van der Waals surface area contributed by atoms with Crippen molar-refractivity contribution in [3.8, 4) is 10.6 Å². The molecule has 1 heterocycles. The van der Waals surface area contributed by atoms with Crippen LogP contribution in [0.3, 0.4) is 0 Å². The fraction of sp³-hybridized carbons (Fsp3) is 0.400. The molecule has 0 radical (unpaired) electrons. The summed E-state index contributed by atoms with van der Waals surface area (Å²) in [5.41, 5.74) is 3.44. The molecule has 0 aliphatic heterocycles. The fourth-order valence-corrected chi connectivity index (χ4v) is 2.61. The summed E-state index contributed by atoms with van der Waals surface area (Å²) in [6.45, 7) is 5.75. The van der Waals surface area contributed by atoms with Gasteiger partial charge in [-0.1, -0.05) is 32.0 Å². The summed E-state index contributed by atoms with van der Waals surface area (Å²) in [4.78, 5) is 4.67. The molecular weight excluding hydrogens is 256 g/mol. The highest BCUT2D eigenvalue weighted by Crippen LogP contribution is 2.24. The van der Waals surface area contributed by atoms with Gasteiger partial charge < -0.3 is 10.1 Å². The second-order valence-electron chi connectivity index (χ2n) is 4.81. The van der Waals surface area contributed by atoms with Crippen LogP contribution in [-0.2, 0) is 17.9 Å². The molecule has 3 nitrogen and oxygen atoms in total. The van der Waals surface area contributed by atoms with Gasteiger partial charge in [-0.05, 0) is 11.6 Å². The maximum atomic E-state index is 5.16. The Bertz CT molecular complexity index is 522. The van der Waals surface area contributed by atoms with E-state index in [4.69, 9.17) is 4.74 Å². The van der Waals surface area contributed by atoms with Crippen molar-refractivity contribution in [1.29, 1.82) is 0 Å². The van der Waals surface area contributed by atoms with Crippen molar-refractivity contribution in [2.45, 2.75) is 33.0 Å². The van der Waals surface area contributed by atoms with Gasteiger partial charge >= 0.3 is 0 Å². The van der Waals surface area contributed by atoms with Gasteiger partial charge in [-0.25, -0.2) is 4.98 Å². The molecule has 2 aromatic rings. The Labute approximate surface area is 118 Å². The van der Waals surface area contributed by atoms with Gasteiger partial charge in [0.1, 0.15) is 5.01 Å². The molecule has 0 atom stereocenters. The zero-order chi connectivity index (χ0) is 13.7. The van der Waals surface area contributed by atoms with E-state index in [0.29, 0.717) is 12.6 Å². The molecular formula is C15H20N2OS. The van der Waals surface area contributed by atoms with Crippen molar-refractivity contribution >= 4 is 11.3 Å². The van der Waals surface area contributed by atoms with Crippen LogP contribution >= 0.6 is 11.3 Å². The van der Waals surface area contributed by atoms with E-state index in [-0.39, 0.29) is 0 Å². The average molecular weight is 276 g/mol. The molecule has 1 N–H and O–H groups in total.